The zero-order valence-electron chi connectivity index (χ0n) is 17.7. The van der Waals surface area contributed by atoms with Crippen molar-refractivity contribution in [2.75, 3.05) is 32.7 Å². The molecule has 0 unspecified atom stereocenters. The number of likely N-dealkylation sites (tertiary alicyclic amines) is 2. The third-order valence-electron chi connectivity index (χ3n) is 6.12. The van der Waals surface area contributed by atoms with Crippen molar-refractivity contribution in [3.05, 3.63) is 29.3 Å². The summed E-state index contributed by atoms with van der Waals surface area (Å²) in [5.41, 5.74) is 0.515. The smallest absolute Gasteiger partial charge is 0.258 e. The summed E-state index contributed by atoms with van der Waals surface area (Å²) in [4.78, 5) is 52.4. The molecule has 0 radical (unpaired) electrons. The van der Waals surface area contributed by atoms with Crippen molar-refractivity contribution in [1.29, 1.82) is 0 Å². The van der Waals surface area contributed by atoms with Gasteiger partial charge in [-0.15, -0.1) is 0 Å². The van der Waals surface area contributed by atoms with E-state index in [4.69, 9.17) is 4.74 Å². The maximum atomic E-state index is 12.6. The second-order valence-corrected chi connectivity index (χ2v) is 8.45. The molecule has 3 aliphatic rings. The minimum Gasteiger partial charge on any atom is -0.467 e. The zero-order chi connectivity index (χ0) is 22.0. The average Bonchev–Trinajstić information content (AvgIpc) is 3.08. The van der Waals surface area contributed by atoms with Crippen LogP contribution in [0, 0.1) is 6.92 Å². The predicted octanol–water partition coefficient (Wildman–Crippen LogP) is 0.565. The van der Waals surface area contributed by atoms with Gasteiger partial charge in [-0.2, -0.15) is 0 Å². The first-order valence-electron chi connectivity index (χ1n) is 10.8. The minimum absolute atomic E-state index is 0.0490. The van der Waals surface area contributed by atoms with Gasteiger partial charge in [0, 0.05) is 51.9 Å². The Kier molecular flexibility index (Phi) is 5.84. The summed E-state index contributed by atoms with van der Waals surface area (Å²) in [7, 11) is 0. The number of fused-ring (bicyclic) bond motifs is 1. The number of nitrogens with zero attached hydrogens (tertiary/aromatic N) is 2. The Morgan fingerprint density at radius 3 is 2.71 bits per heavy atom. The van der Waals surface area contributed by atoms with Crippen LogP contribution in [-0.2, 0) is 14.4 Å². The average molecular weight is 428 g/mol. The maximum absolute atomic E-state index is 12.6. The van der Waals surface area contributed by atoms with Crippen LogP contribution in [0.4, 0.5) is 0 Å². The van der Waals surface area contributed by atoms with Crippen molar-refractivity contribution in [3.8, 4) is 5.75 Å². The summed E-state index contributed by atoms with van der Waals surface area (Å²) in [6, 6.07) is 5.46. The normalized spacial score (nSPS) is 23.3. The Morgan fingerprint density at radius 1 is 1.13 bits per heavy atom. The van der Waals surface area contributed by atoms with Gasteiger partial charge in [0.25, 0.3) is 5.91 Å². The van der Waals surface area contributed by atoms with Gasteiger partial charge in [0.2, 0.25) is 17.7 Å². The van der Waals surface area contributed by atoms with Gasteiger partial charge in [-0.25, -0.2) is 0 Å². The zero-order valence-corrected chi connectivity index (χ0v) is 17.7. The Balaban J connectivity index is 1.32. The number of benzene rings is 1. The lowest BCUT2D eigenvalue weighted by molar-refractivity contribution is -0.135. The highest BCUT2D eigenvalue weighted by Crippen LogP contribution is 2.34. The van der Waals surface area contributed by atoms with E-state index in [9.17, 15) is 19.2 Å². The summed E-state index contributed by atoms with van der Waals surface area (Å²) >= 11 is 0. The van der Waals surface area contributed by atoms with E-state index in [0.29, 0.717) is 50.2 Å². The van der Waals surface area contributed by atoms with Crippen LogP contribution in [0.25, 0.3) is 0 Å². The van der Waals surface area contributed by atoms with Crippen LogP contribution in [0.1, 0.15) is 48.0 Å². The number of aryl methyl sites for hydroxylation is 1. The first kappa shape index (κ1) is 21.1. The van der Waals surface area contributed by atoms with Crippen LogP contribution in [-0.4, -0.2) is 71.9 Å². The molecule has 2 saturated heterocycles. The van der Waals surface area contributed by atoms with Crippen molar-refractivity contribution >= 4 is 23.6 Å². The monoisotopic (exact) mass is 428 g/mol. The summed E-state index contributed by atoms with van der Waals surface area (Å²) < 4.78 is 6.15. The highest BCUT2D eigenvalue weighted by molar-refractivity contribution is 5.98. The Morgan fingerprint density at radius 2 is 1.94 bits per heavy atom. The van der Waals surface area contributed by atoms with Crippen molar-refractivity contribution in [2.24, 2.45) is 0 Å². The molecule has 1 spiro atoms. The van der Waals surface area contributed by atoms with Crippen molar-refractivity contribution in [2.45, 2.75) is 44.8 Å². The van der Waals surface area contributed by atoms with E-state index in [1.807, 2.05) is 13.0 Å². The first-order chi connectivity index (χ1) is 14.8. The van der Waals surface area contributed by atoms with Crippen LogP contribution in [0.2, 0.25) is 0 Å². The molecule has 4 amide bonds. The van der Waals surface area contributed by atoms with Gasteiger partial charge in [0.15, 0.2) is 5.72 Å². The lowest BCUT2D eigenvalue weighted by atomic mass is 9.99. The van der Waals surface area contributed by atoms with Crippen LogP contribution in [0.5, 0.6) is 5.75 Å². The number of nitrogens with one attached hydrogen (secondary N) is 2. The number of carbonyl (C=O) groups excluding carboxylic acids is 4. The Labute approximate surface area is 181 Å². The second kappa shape index (κ2) is 8.56. The molecule has 1 aromatic rings. The quantitative estimate of drug-likeness (QED) is 0.713. The van der Waals surface area contributed by atoms with Crippen LogP contribution >= 0.6 is 0 Å². The van der Waals surface area contributed by atoms with Gasteiger partial charge in [-0.3, -0.25) is 19.2 Å². The van der Waals surface area contributed by atoms with Gasteiger partial charge >= 0.3 is 0 Å². The highest BCUT2D eigenvalue weighted by atomic mass is 16.5. The molecule has 3 heterocycles. The van der Waals surface area contributed by atoms with E-state index in [1.165, 1.54) is 4.90 Å². The standard InChI is InChI=1S/C22H28N4O5/c1-15-4-5-17-16(13-15)21(30)24-22(31-17)7-6-20(29)26(11-8-22)14-18(27)23-9-12-25-10-2-3-19(25)28/h4-5,13H,2-3,6-12,14H2,1H3,(H,23,27)(H,24,30)/t22-/m0/s1. The fourth-order valence-corrected chi connectivity index (χ4v) is 4.35. The van der Waals surface area contributed by atoms with E-state index in [0.717, 1.165) is 18.5 Å². The predicted molar refractivity (Wildman–Crippen MR) is 111 cm³/mol. The Hall–Kier alpha value is -3.10. The molecule has 3 aliphatic heterocycles. The number of amides is 4. The van der Waals surface area contributed by atoms with E-state index in [2.05, 4.69) is 10.6 Å². The number of carbonyl (C=O) groups is 4. The lowest BCUT2D eigenvalue weighted by Crippen LogP contribution is -2.56. The molecule has 0 saturated carbocycles. The molecule has 0 bridgehead atoms. The minimum atomic E-state index is -0.948. The molecule has 4 rings (SSSR count). The van der Waals surface area contributed by atoms with Gasteiger partial charge in [0.1, 0.15) is 5.75 Å². The van der Waals surface area contributed by atoms with Crippen LogP contribution < -0.4 is 15.4 Å². The van der Waals surface area contributed by atoms with Crippen molar-refractivity contribution in [1.82, 2.24) is 20.4 Å². The SMILES string of the molecule is Cc1ccc2c(c1)C(=O)N[C@@]1(CCC(=O)N(CC(=O)NCCN3CCCC3=O)CC1)O2. The van der Waals surface area contributed by atoms with E-state index >= 15 is 0 Å². The molecule has 166 valence electrons. The highest BCUT2D eigenvalue weighted by Gasteiger charge is 2.42. The molecule has 0 aromatic heterocycles. The number of hydrogen-bond acceptors (Lipinski definition) is 5. The maximum Gasteiger partial charge on any atom is 0.258 e. The number of ether oxygens (including phenoxy) is 1. The fraction of sp³-hybridized carbons (Fsp3) is 0.545. The Bertz CT molecular complexity index is 917. The summed E-state index contributed by atoms with van der Waals surface area (Å²) in [6.07, 6.45) is 2.35. The molecular formula is C22H28N4O5. The molecule has 2 fully saturated rings. The van der Waals surface area contributed by atoms with Crippen LogP contribution in [0.3, 0.4) is 0 Å². The summed E-state index contributed by atoms with van der Waals surface area (Å²) in [6.45, 7) is 3.75. The molecular weight excluding hydrogens is 400 g/mol. The van der Waals surface area contributed by atoms with Crippen molar-refractivity contribution in [3.63, 3.8) is 0 Å². The summed E-state index contributed by atoms with van der Waals surface area (Å²) in [5.74, 6) is 0.0256. The van der Waals surface area contributed by atoms with Crippen molar-refractivity contribution < 1.29 is 23.9 Å². The van der Waals surface area contributed by atoms with Gasteiger partial charge in [-0.05, 0) is 25.5 Å². The van der Waals surface area contributed by atoms with Gasteiger partial charge < -0.3 is 25.2 Å². The van der Waals surface area contributed by atoms with E-state index in [-0.39, 0.29) is 36.6 Å². The third kappa shape index (κ3) is 4.65. The van der Waals surface area contributed by atoms with Gasteiger partial charge in [-0.1, -0.05) is 11.6 Å². The molecule has 1 aromatic carbocycles. The van der Waals surface area contributed by atoms with E-state index in [1.54, 1.807) is 17.0 Å². The molecule has 2 N–H and O–H groups in total. The number of hydrogen-bond donors (Lipinski definition) is 2. The topological polar surface area (TPSA) is 108 Å². The molecule has 31 heavy (non-hydrogen) atoms. The molecule has 9 heteroatoms. The lowest BCUT2D eigenvalue weighted by Gasteiger charge is -2.38. The van der Waals surface area contributed by atoms with Crippen LogP contribution in [0.15, 0.2) is 18.2 Å². The molecule has 1 atom stereocenters. The largest absolute Gasteiger partial charge is 0.467 e. The number of rotatable bonds is 5. The molecule has 9 nitrogen and oxygen atoms in total. The summed E-state index contributed by atoms with van der Waals surface area (Å²) in [5, 5.41) is 5.73. The second-order valence-electron chi connectivity index (χ2n) is 8.45. The first-order valence-corrected chi connectivity index (χ1v) is 10.8. The molecule has 0 aliphatic carbocycles. The fourth-order valence-electron chi connectivity index (χ4n) is 4.35. The van der Waals surface area contributed by atoms with Gasteiger partial charge in [0.05, 0.1) is 12.1 Å². The third-order valence-corrected chi connectivity index (χ3v) is 6.12. The van der Waals surface area contributed by atoms with E-state index < -0.39 is 5.72 Å².